The van der Waals surface area contributed by atoms with Crippen LogP contribution in [0, 0.1) is 0 Å². The van der Waals surface area contributed by atoms with Crippen LogP contribution < -0.4 is 4.74 Å². The van der Waals surface area contributed by atoms with Crippen molar-refractivity contribution in [3.8, 4) is 5.75 Å². The van der Waals surface area contributed by atoms with Crippen molar-refractivity contribution in [3.63, 3.8) is 0 Å². The van der Waals surface area contributed by atoms with Crippen molar-refractivity contribution in [2.24, 2.45) is 0 Å². The Bertz CT molecular complexity index is 447. The average Bonchev–Trinajstić information content (AvgIpc) is 2.57. The highest BCUT2D eigenvalue weighted by Gasteiger charge is 2.17. The van der Waals surface area contributed by atoms with Crippen molar-refractivity contribution in [1.82, 2.24) is 9.80 Å². The van der Waals surface area contributed by atoms with Gasteiger partial charge >= 0.3 is 0 Å². The van der Waals surface area contributed by atoms with E-state index in [0.717, 1.165) is 25.2 Å². The lowest BCUT2D eigenvalue weighted by molar-refractivity contribution is 0.150. The van der Waals surface area contributed by atoms with Gasteiger partial charge in [0.25, 0.3) is 0 Å². The molecule has 3 nitrogen and oxygen atoms in total. The third-order valence-corrected chi connectivity index (χ3v) is 5.25. The Morgan fingerprint density at radius 3 is 2.26 bits per heavy atom. The average molecular weight is 319 g/mol. The molecular formula is C20H34N2O. The van der Waals surface area contributed by atoms with E-state index in [9.17, 15) is 0 Å². The Morgan fingerprint density at radius 1 is 1.00 bits per heavy atom. The lowest BCUT2D eigenvalue weighted by atomic mass is 9.82. The molecule has 130 valence electrons. The summed E-state index contributed by atoms with van der Waals surface area (Å²) in [5, 5.41) is 0. The standard InChI is InChI=1S/C20H34N2O/c1-5-20(2,3)18-8-10-19(11-9-18)23-17-7-6-12-22-15-13-21(4)14-16-22/h8-11H,5-7,12-17H2,1-4H3. The van der Waals surface area contributed by atoms with Crippen molar-refractivity contribution in [1.29, 1.82) is 0 Å². The third kappa shape index (κ3) is 5.82. The molecule has 0 atom stereocenters. The minimum absolute atomic E-state index is 0.251. The first-order chi connectivity index (χ1) is 11.0. The maximum absolute atomic E-state index is 5.89. The monoisotopic (exact) mass is 318 g/mol. The van der Waals surface area contributed by atoms with Gasteiger partial charge in [0.1, 0.15) is 5.75 Å². The fourth-order valence-corrected chi connectivity index (χ4v) is 2.91. The summed E-state index contributed by atoms with van der Waals surface area (Å²) in [5.41, 5.74) is 1.64. The number of likely N-dealkylation sites (N-methyl/N-ethyl adjacent to an activating group) is 1. The number of rotatable bonds is 8. The summed E-state index contributed by atoms with van der Waals surface area (Å²) < 4.78 is 5.89. The van der Waals surface area contributed by atoms with Gasteiger partial charge in [-0.25, -0.2) is 0 Å². The molecule has 0 bridgehead atoms. The summed E-state index contributed by atoms with van der Waals surface area (Å²) in [5.74, 6) is 1.00. The number of ether oxygens (including phenoxy) is 1. The highest BCUT2D eigenvalue weighted by Crippen LogP contribution is 2.28. The van der Waals surface area contributed by atoms with Gasteiger partial charge in [0.15, 0.2) is 0 Å². The fraction of sp³-hybridized carbons (Fsp3) is 0.700. The quantitative estimate of drug-likeness (QED) is 0.678. The van der Waals surface area contributed by atoms with E-state index in [1.165, 1.54) is 44.7 Å². The number of nitrogens with zero attached hydrogens (tertiary/aromatic N) is 2. The molecule has 1 aromatic rings. The summed E-state index contributed by atoms with van der Waals surface area (Å²) in [4.78, 5) is 4.98. The summed E-state index contributed by atoms with van der Waals surface area (Å²) in [6, 6.07) is 8.66. The molecule has 0 amide bonds. The number of hydrogen-bond donors (Lipinski definition) is 0. The van der Waals surface area contributed by atoms with Crippen molar-refractivity contribution in [2.75, 3.05) is 46.4 Å². The van der Waals surface area contributed by atoms with Gasteiger partial charge in [0.05, 0.1) is 6.61 Å². The normalized spacial score (nSPS) is 17.4. The van der Waals surface area contributed by atoms with Crippen LogP contribution in [0.5, 0.6) is 5.75 Å². The van der Waals surface area contributed by atoms with Gasteiger partial charge in [-0.15, -0.1) is 0 Å². The molecule has 0 spiro atoms. The Balaban J connectivity index is 1.63. The second-order valence-electron chi connectivity index (χ2n) is 7.46. The lowest BCUT2D eigenvalue weighted by Crippen LogP contribution is -2.44. The topological polar surface area (TPSA) is 15.7 Å². The van der Waals surface area contributed by atoms with Crippen molar-refractivity contribution < 1.29 is 4.74 Å². The minimum atomic E-state index is 0.251. The molecule has 23 heavy (non-hydrogen) atoms. The maximum atomic E-state index is 5.89. The van der Waals surface area contributed by atoms with Crippen LogP contribution in [-0.2, 0) is 5.41 Å². The number of unbranched alkanes of at least 4 members (excludes halogenated alkanes) is 1. The predicted octanol–water partition coefficient (Wildman–Crippen LogP) is 3.78. The van der Waals surface area contributed by atoms with Crippen LogP contribution in [-0.4, -0.2) is 56.2 Å². The van der Waals surface area contributed by atoms with E-state index in [1.54, 1.807) is 0 Å². The zero-order valence-electron chi connectivity index (χ0n) is 15.5. The molecule has 3 heteroatoms. The van der Waals surface area contributed by atoms with Gasteiger partial charge in [0, 0.05) is 26.2 Å². The van der Waals surface area contributed by atoms with E-state index in [2.05, 4.69) is 61.9 Å². The molecule has 0 radical (unpaired) electrons. The molecule has 1 fully saturated rings. The van der Waals surface area contributed by atoms with E-state index >= 15 is 0 Å². The minimum Gasteiger partial charge on any atom is -0.494 e. The SMILES string of the molecule is CCC(C)(C)c1ccc(OCCCCN2CCN(C)CC2)cc1. The zero-order chi connectivity index (χ0) is 16.7. The summed E-state index contributed by atoms with van der Waals surface area (Å²) in [7, 11) is 2.21. The highest BCUT2D eigenvalue weighted by atomic mass is 16.5. The first kappa shape index (κ1) is 18.3. The van der Waals surface area contributed by atoms with Crippen LogP contribution in [0.3, 0.4) is 0 Å². The molecule has 1 heterocycles. The summed E-state index contributed by atoms with van der Waals surface area (Å²) in [6.45, 7) is 13.7. The fourth-order valence-electron chi connectivity index (χ4n) is 2.91. The van der Waals surface area contributed by atoms with Crippen LogP contribution in [0.2, 0.25) is 0 Å². The number of hydrogen-bond acceptors (Lipinski definition) is 3. The number of piperazine rings is 1. The Hall–Kier alpha value is -1.06. The smallest absolute Gasteiger partial charge is 0.119 e. The predicted molar refractivity (Wildman–Crippen MR) is 98.4 cm³/mol. The zero-order valence-corrected chi connectivity index (χ0v) is 15.5. The summed E-state index contributed by atoms with van der Waals surface area (Å²) >= 11 is 0. The molecule has 1 aliphatic rings. The molecule has 0 unspecified atom stereocenters. The van der Waals surface area contributed by atoms with Gasteiger partial charge < -0.3 is 14.5 Å². The van der Waals surface area contributed by atoms with Crippen molar-refractivity contribution in [3.05, 3.63) is 29.8 Å². The molecule has 1 aliphatic heterocycles. The van der Waals surface area contributed by atoms with E-state index in [4.69, 9.17) is 4.74 Å². The van der Waals surface area contributed by atoms with E-state index in [-0.39, 0.29) is 5.41 Å². The van der Waals surface area contributed by atoms with Gasteiger partial charge in [-0.3, -0.25) is 0 Å². The molecule has 0 N–H and O–H groups in total. The lowest BCUT2D eigenvalue weighted by Gasteiger charge is -2.32. The Labute approximate surface area is 142 Å². The van der Waals surface area contributed by atoms with Crippen LogP contribution in [0.4, 0.5) is 0 Å². The first-order valence-electron chi connectivity index (χ1n) is 9.15. The third-order valence-electron chi connectivity index (χ3n) is 5.25. The molecule has 2 rings (SSSR count). The molecule has 0 aliphatic carbocycles. The van der Waals surface area contributed by atoms with Crippen molar-refractivity contribution in [2.45, 2.75) is 45.4 Å². The maximum Gasteiger partial charge on any atom is 0.119 e. The molecular weight excluding hydrogens is 284 g/mol. The molecule has 0 aromatic heterocycles. The molecule has 1 saturated heterocycles. The molecule has 1 aromatic carbocycles. The summed E-state index contributed by atoms with van der Waals surface area (Å²) in [6.07, 6.45) is 3.51. The van der Waals surface area contributed by atoms with Crippen LogP contribution in [0.25, 0.3) is 0 Å². The second-order valence-corrected chi connectivity index (χ2v) is 7.46. The molecule has 0 saturated carbocycles. The number of benzene rings is 1. The highest BCUT2D eigenvalue weighted by molar-refractivity contribution is 5.31. The van der Waals surface area contributed by atoms with Gasteiger partial charge in [0.2, 0.25) is 0 Å². The Kier molecular flexibility index (Phi) is 6.91. The second kappa shape index (κ2) is 8.70. The van der Waals surface area contributed by atoms with Crippen LogP contribution in [0.15, 0.2) is 24.3 Å². The Morgan fingerprint density at radius 2 is 1.65 bits per heavy atom. The van der Waals surface area contributed by atoms with Gasteiger partial charge in [-0.05, 0) is 56.0 Å². The largest absolute Gasteiger partial charge is 0.494 e. The first-order valence-corrected chi connectivity index (χ1v) is 9.15. The van der Waals surface area contributed by atoms with Crippen LogP contribution >= 0.6 is 0 Å². The van der Waals surface area contributed by atoms with Gasteiger partial charge in [-0.2, -0.15) is 0 Å². The van der Waals surface area contributed by atoms with Crippen molar-refractivity contribution >= 4 is 0 Å². The van der Waals surface area contributed by atoms with E-state index in [0.29, 0.717) is 0 Å². The van der Waals surface area contributed by atoms with Crippen LogP contribution in [0.1, 0.15) is 45.6 Å². The van der Waals surface area contributed by atoms with E-state index in [1.807, 2.05) is 0 Å². The van der Waals surface area contributed by atoms with Gasteiger partial charge in [-0.1, -0.05) is 32.9 Å². The van der Waals surface area contributed by atoms with E-state index < -0.39 is 0 Å².